The zero-order valence-electron chi connectivity index (χ0n) is 16.7. The van der Waals surface area contributed by atoms with E-state index < -0.39 is 17.8 Å². The molecule has 1 saturated heterocycles. The van der Waals surface area contributed by atoms with Crippen molar-refractivity contribution in [1.29, 1.82) is 0 Å². The van der Waals surface area contributed by atoms with E-state index in [0.717, 1.165) is 15.4 Å². The summed E-state index contributed by atoms with van der Waals surface area (Å²) in [6.45, 7) is 4.08. The van der Waals surface area contributed by atoms with Gasteiger partial charge in [0.25, 0.3) is 11.8 Å². The van der Waals surface area contributed by atoms with Gasteiger partial charge in [0, 0.05) is 18.4 Å². The fraction of sp³-hybridized carbons (Fsp3) is 0.125. The monoisotopic (exact) mass is 399 g/mol. The van der Waals surface area contributed by atoms with Crippen molar-refractivity contribution in [3.05, 3.63) is 90.3 Å². The average Bonchev–Trinajstić information content (AvgIpc) is 3.22. The van der Waals surface area contributed by atoms with Crippen molar-refractivity contribution in [3.63, 3.8) is 0 Å². The van der Waals surface area contributed by atoms with Crippen LogP contribution in [0.5, 0.6) is 0 Å². The number of carbonyl (C=O) groups is 3. The number of nitrogens with zero attached hydrogens (tertiary/aromatic N) is 3. The fourth-order valence-corrected chi connectivity index (χ4v) is 3.34. The molecule has 0 unspecified atom stereocenters. The van der Waals surface area contributed by atoms with Crippen molar-refractivity contribution in [2.24, 2.45) is 0 Å². The second-order valence-corrected chi connectivity index (χ2v) is 7.28. The van der Waals surface area contributed by atoms with Crippen molar-refractivity contribution < 1.29 is 14.4 Å². The third-order valence-electron chi connectivity index (χ3n) is 4.92. The molecular formula is C24H21N3O3. The molecule has 0 aliphatic carbocycles. The summed E-state index contributed by atoms with van der Waals surface area (Å²) in [5, 5.41) is 0. The van der Waals surface area contributed by atoms with E-state index in [1.807, 2.05) is 36.9 Å². The summed E-state index contributed by atoms with van der Waals surface area (Å²) >= 11 is 0. The topological polar surface area (TPSA) is 62.6 Å². The van der Waals surface area contributed by atoms with Gasteiger partial charge in [-0.3, -0.25) is 9.59 Å². The highest BCUT2D eigenvalue weighted by Gasteiger charge is 2.43. The first-order chi connectivity index (χ1) is 14.5. The SMILES string of the molecule is CC(C)n1ccc(C=C2C(=O)N(c3ccccc3)C(=O)N(c3ccccc3)C2=O)c1. The molecule has 6 nitrogen and oxygen atoms in total. The van der Waals surface area contributed by atoms with Crippen molar-refractivity contribution in [2.45, 2.75) is 19.9 Å². The Kier molecular flexibility index (Phi) is 5.06. The molecule has 0 saturated carbocycles. The largest absolute Gasteiger partial charge is 0.351 e. The Hall–Kier alpha value is -3.93. The number of barbiturate groups is 1. The molecule has 1 aromatic heterocycles. The summed E-state index contributed by atoms with van der Waals surface area (Å²) in [4.78, 5) is 41.8. The van der Waals surface area contributed by atoms with Gasteiger partial charge in [-0.2, -0.15) is 0 Å². The minimum absolute atomic E-state index is 0.0659. The highest BCUT2D eigenvalue weighted by Crippen LogP contribution is 2.29. The summed E-state index contributed by atoms with van der Waals surface area (Å²) in [6, 6.07) is 18.6. The number of anilines is 2. The molecule has 0 spiro atoms. The highest BCUT2D eigenvalue weighted by atomic mass is 16.2. The van der Waals surface area contributed by atoms with Crippen LogP contribution in [0.4, 0.5) is 16.2 Å². The first kappa shape index (κ1) is 19.4. The van der Waals surface area contributed by atoms with Gasteiger partial charge >= 0.3 is 6.03 Å². The van der Waals surface area contributed by atoms with Crippen LogP contribution in [-0.4, -0.2) is 22.4 Å². The van der Waals surface area contributed by atoms with Crippen LogP contribution in [0.1, 0.15) is 25.5 Å². The summed E-state index contributed by atoms with van der Waals surface area (Å²) in [5.74, 6) is -1.28. The minimum atomic E-state index is -0.695. The molecule has 0 atom stereocenters. The van der Waals surface area contributed by atoms with Crippen LogP contribution in [0.3, 0.4) is 0 Å². The number of carbonyl (C=O) groups excluding carboxylic acids is 3. The van der Waals surface area contributed by atoms with E-state index in [9.17, 15) is 14.4 Å². The number of amides is 4. The van der Waals surface area contributed by atoms with Gasteiger partial charge in [-0.15, -0.1) is 0 Å². The van der Waals surface area contributed by atoms with Gasteiger partial charge in [0.15, 0.2) is 0 Å². The zero-order valence-corrected chi connectivity index (χ0v) is 16.7. The third kappa shape index (κ3) is 3.43. The maximum Gasteiger partial charge on any atom is 0.343 e. The molecule has 0 radical (unpaired) electrons. The molecule has 1 aliphatic rings. The van der Waals surface area contributed by atoms with Crippen LogP contribution < -0.4 is 9.80 Å². The predicted octanol–water partition coefficient (Wildman–Crippen LogP) is 4.65. The first-order valence-corrected chi connectivity index (χ1v) is 9.69. The molecular weight excluding hydrogens is 378 g/mol. The van der Waals surface area contributed by atoms with Crippen LogP contribution in [-0.2, 0) is 9.59 Å². The number of imide groups is 2. The summed E-state index contributed by atoms with van der Waals surface area (Å²) in [5.41, 5.74) is 1.47. The molecule has 30 heavy (non-hydrogen) atoms. The molecule has 150 valence electrons. The number of rotatable bonds is 4. The van der Waals surface area contributed by atoms with Gasteiger partial charge in [0.2, 0.25) is 0 Å². The second-order valence-electron chi connectivity index (χ2n) is 7.28. The standard InChI is InChI=1S/C24H21N3O3/c1-17(2)25-14-13-18(16-25)15-21-22(28)26(19-9-5-3-6-10-19)24(30)27(23(21)29)20-11-7-4-8-12-20/h3-17H,1-2H3. The Morgan fingerprint density at radius 1 is 0.733 bits per heavy atom. The van der Waals surface area contributed by atoms with Crippen molar-refractivity contribution in [2.75, 3.05) is 9.80 Å². The highest BCUT2D eigenvalue weighted by molar-refractivity contribution is 6.46. The molecule has 6 heteroatoms. The van der Waals surface area contributed by atoms with E-state index >= 15 is 0 Å². The molecule has 0 bridgehead atoms. The quantitative estimate of drug-likeness (QED) is 0.474. The summed E-state index contributed by atoms with van der Waals surface area (Å²) in [6.07, 6.45) is 5.31. The van der Waals surface area contributed by atoms with Gasteiger partial charge < -0.3 is 4.57 Å². The van der Waals surface area contributed by atoms with E-state index in [0.29, 0.717) is 11.4 Å². The number of hydrogen-bond acceptors (Lipinski definition) is 3. The molecule has 4 rings (SSSR count). The molecule has 4 amide bonds. The zero-order chi connectivity index (χ0) is 21.3. The Balaban J connectivity index is 1.84. The van der Waals surface area contributed by atoms with Gasteiger partial charge in [-0.05, 0) is 55.8 Å². The number of aromatic nitrogens is 1. The maximum atomic E-state index is 13.3. The Morgan fingerprint density at radius 3 is 1.67 bits per heavy atom. The molecule has 1 fully saturated rings. The van der Waals surface area contributed by atoms with E-state index in [4.69, 9.17) is 0 Å². The lowest BCUT2D eigenvalue weighted by Crippen LogP contribution is -2.57. The van der Waals surface area contributed by atoms with E-state index in [2.05, 4.69) is 0 Å². The van der Waals surface area contributed by atoms with E-state index in [1.165, 1.54) is 0 Å². The van der Waals surface area contributed by atoms with E-state index in [1.54, 1.807) is 66.7 Å². The van der Waals surface area contributed by atoms with Gasteiger partial charge in [0.05, 0.1) is 11.4 Å². The molecule has 2 heterocycles. The van der Waals surface area contributed by atoms with E-state index in [-0.39, 0.29) is 11.6 Å². The van der Waals surface area contributed by atoms with Crippen LogP contribution in [0.2, 0.25) is 0 Å². The lowest BCUT2D eigenvalue weighted by Gasteiger charge is -2.33. The summed E-state index contributed by atoms with van der Waals surface area (Å²) in [7, 11) is 0. The molecule has 0 N–H and O–H groups in total. The molecule has 2 aromatic carbocycles. The molecule has 1 aliphatic heterocycles. The Bertz CT molecular complexity index is 1070. The first-order valence-electron chi connectivity index (χ1n) is 9.69. The van der Waals surface area contributed by atoms with Crippen LogP contribution in [0.25, 0.3) is 6.08 Å². The van der Waals surface area contributed by atoms with Crippen LogP contribution in [0, 0.1) is 0 Å². The number of urea groups is 1. The lowest BCUT2D eigenvalue weighted by molar-refractivity contribution is -0.121. The van der Waals surface area contributed by atoms with Gasteiger partial charge in [-0.25, -0.2) is 14.6 Å². The average molecular weight is 399 g/mol. The van der Waals surface area contributed by atoms with Crippen molar-refractivity contribution in [3.8, 4) is 0 Å². The molecule has 3 aromatic rings. The van der Waals surface area contributed by atoms with Crippen molar-refractivity contribution >= 4 is 35.3 Å². The summed E-state index contributed by atoms with van der Waals surface area (Å²) < 4.78 is 1.99. The number of para-hydroxylation sites is 2. The number of hydrogen-bond donors (Lipinski definition) is 0. The van der Waals surface area contributed by atoms with Crippen LogP contribution in [0.15, 0.2) is 84.7 Å². The Morgan fingerprint density at radius 2 is 1.23 bits per heavy atom. The van der Waals surface area contributed by atoms with Gasteiger partial charge in [-0.1, -0.05) is 36.4 Å². The third-order valence-corrected chi connectivity index (χ3v) is 4.92. The van der Waals surface area contributed by atoms with Crippen molar-refractivity contribution in [1.82, 2.24) is 4.57 Å². The van der Waals surface area contributed by atoms with Crippen LogP contribution >= 0.6 is 0 Å². The smallest absolute Gasteiger partial charge is 0.343 e. The van der Waals surface area contributed by atoms with Gasteiger partial charge in [0.1, 0.15) is 5.57 Å². The number of benzene rings is 2. The maximum absolute atomic E-state index is 13.3. The Labute approximate surface area is 174 Å². The predicted molar refractivity (Wildman–Crippen MR) is 116 cm³/mol. The fourth-order valence-electron chi connectivity index (χ4n) is 3.34. The normalized spacial score (nSPS) is 14.6. The second kappa shape index (κ2) is 7.83. The minimum Gasteiger partial charge on any atom is -0.351 e. The lowest BCUT2D eigenvalue weighted by atomic mass is 10.1.